The van der Waals surface area contributed by atoms with Gasteiger partial charge in [0.25, 0.3) is 0 Å². The van der Waals surface area contributed by atoms with Crippen LogP contribution in [-0.2, 0) is 15.7 Å². The molecule has 1 N–H and O–H groups in total. The molecule has 0 bridgehead atoms. The van der Waals surface area contributed by atoms with E-state index in [4.69, 9.17) is 4.74 Å². The molecule has 3 heterocycles. The summed E-state index contributed by atoms with van der Waals surface area (Å²) < 4.78 is 44.6. The van der Waals surface area contributed by atoms with Gasteiger partial charge in [-0.25, -0.2) is 9.97 Å². The third-order valence-corrected chi connectivity index (χ3v) is 7.95. The van der Waals surface area contributed by atoms with Gasteiger partial charge in [-0.3, -0.25) is 4.79 Å². The number of carbonyl (C=O) groups is 1. The molecule has 0 radical (unpaired) electrons. The first-order valence-corrected chi connectivity index (χ1v) is 12.4. The average Bonchev–Trinajstić information content (AvgIpc) is 3.25. The third kappa shape index (κ3) is 5.17. The fraction of sp³-hybridized carbons (Fsp3) is 0.792. The van der Waals surface area contributed by atoms with Gasteiger partial charge in [0, 0.05) is 51.1 Å². The van der Waals surface area contributed by atoms with Crippen molar-refractivity contribution in [3.05, 3.63) is 18.0 Å². The van der Waals surface area contributed by atoms with Gasteiger partial charge in [-0.15, -0.1) is 0 Å². The molecule has 1 aliphatic carbocycles. The number of alkyl halides is 3. The van der Waals surface area contributed by atoms with Gasteiger partial charge in [0.1, 0.15) is 5.69 Å². The fourth-order valence-corrected chi connectivity index (χ4v) is 5.70. The van der Waals surface area contributed by atoms with Crippen LogP contribution in [0.4, 0.5) is 19.1 Å². The van der Waals surface area contributed by atoms with Crippen LogP contribution < -0.4 is 10.2 Å². The van der Waals surface area contributed by atoms with Crippen LogP contribution in [0.15, 0.2) is 12.3 Å². The van der Waals surface area contributed by atoms with Crippen LogP contribution in [0.2, 0.25) is 0 Å². The Labute approximate surface area is 199 Å². The summed E-state index contributed by atoms with van der Waals surface area (Å²) in [5, 5.41) is 3.81. The number of rotatable bonds is 5. The van der Waals surface area contributed by atoms with Crippen molar-refractivity contribution in [3.8, 4) is 0 Å². The Morgan fingerprint density at radius 1 is 1.24 bits per heavy atom. The summed E-state index contributed by atoms with van der Waals surface area (Å²) in [6, 6.07) is 1.62. The normalized spacial score (nSPS) is 30.7. The number of amides is 1. The first kappa shape index (κ1) is 25.2. The number of halogens is 3. The smallest absolute Gasteiger partial charge is 0.381 e. The minimum absolute atomic E-state index is 0.0659. The predicted molar refractivity (Wildman–Crippen MR) is 122 cm³/mol. The Morgan fingerprint density at radius 3 is 2.62 bits per heavy atom. The molecular formula is C24H36F3N5O2. The highest BCUT2D eigenvalue weighted by atomic mass is 19.4. The second kappa shape index (κ2) is 9.97. The van der Waals surface area contributed by atoms with E-state index < -0.39 is 17.3 Å². The number of hydrogen-bond acceptors (Lipinski definition) is 6. The molecule has 3 fully saturated rings. The highest BCUT2D eigenvalue weighted by molar-refractivity contribution is 5.83. The molecule has 2 saturated heterocycles. The largest absolute Gasteiger partial charge is 0.433 e. The van der Waals surface area contributed by atoms with Crippen LogP contribution in [0.3, 0.4) is 0 Å². The first-order chi connectivity index (χ1) is 16.1. The van der Waals surface area contributed by atoms with Crippen molar-refractivity contribution >= 4 is 11.9 Å². The number of nitrogens with one attached hydrogen (secondary N) is 1. The lowest BCUT2D eigenvalue weighted by Gasteiger charge is -2.42. The second-order valence-electron chi connectivity index (χ2n) is 10.4. The van der Waals surface area contributed by atoms with Crippen LogP contribution in [0.5, 0.6) is 0 Å². The summed E-state index contributed by atoms with van der Waals surface area (Å²) in [5.74, 6) is 0.918. The molecule has 3 aliphatic rings. The highest BCUT2D eigenvalue weighted by Gasteiger charge is 2.50. The van der Waals surface area contributed by atoms with Gasteiger partial charge in [0.05, 0.1) is 12.0 Å². The van der Waals surface area contributed by atoms with E-state index in [-0.39, 0.29) is 17.8 Å². The van der Waals surface area contributed by atoms with E-state index in [1.54, 1.807) is 4.90 Å². The molecule has 4 rings (SSSR count). The summed E-state index contributed by atoms with van der Waals surface area (Å²) in [4.78, 5) is 25.1. The van der Waals surface area contributed by atoms with Crippen molar-refractivity contribution in [2.75, 3.05) is 44.3 Å². The number of piperazine rings is 1. The van der Waals surface area contributed by atoms with Gasteiger partial charge < -0.3 is 19.9 Å². The van der Waals surface area contributed by atoms with E-state index >= 15 is 0 Å². The van der Waals surface area contributed by atoms with Crippen LogP contribution in [0.25, 0.3) is 0 Å². The Balaban J connectivity index is 1.38. The van der Waals surface area contributed by atoms with Crippen molar-refractivity contribution in [3.63, 3.8) is 0 Å². The number of aromatic nitrogens is 2. The van der Waals surface area contributed by atoms with Crippen LogP contribution >= 0.6 is 0 Å². The first-order valence-electron chi connectivity index (χ1n) is 12.4. The standard InChI is InChI=1S/C24H36F3N5O2/c1-16(2)23(7-4-18(14-23)29-19-6-13-34-15-17(19)3)21(33)31-9-11-32(12-10-31)22-28-8-5-20(30-22)24(25,26)27/h5,8,16-19,29H,4,6-7,9-15H2,1-3H3/t17-,18-,19?,23?/m1/s1. The van der Waals surface area contributed by atoms with Crippen molar-refractivity contribution in [2.24, 2.45) is 17.3 Å². The number of anilines is 1. The Morgan fingerprint density at radius 2 is 1.97 bits per heavy atom. The number of ether oxygens (including phenoxy) is 1. The maximum atomic E-state index is 13.8. The summed E-state index contributed by atoms with van der Waals surface area (Å²) in [6.07, 6.45) is 0.294. The molecule has 1 amide bonds. The Kier molecular flexibility index (Phi) is 7.38. The van der Waals surface area contributed by atoms with Crippen molar-refractivity contribution in [2.45, 2.75) is 64.7 Å². The van der Waals surface area contributed by atoms with E-state index in [0.717, 1.165) is 51.2 Å². The maximum Gasteiger partial charge on any atom is 0.433 e. The van der Waals surface area contributed by atoms with Gasteiger partial charge in [0.15, 0.2) is 0 Å². The molecule has 1 saturated carbocycles. The van der Waals surface area contributed by atoms with Gasteiger partial charge in [-0.2, -0.15) is 13.2 Å². The minimum atomic E-state index is -4.51. The number of nitrogens with zero attached hydrogens (tertiary/aromatic N) is 4. The molecule has 0 aromatic carbocycles. The summed E-state index contributed by atoms with van der Waals surface area (Å²) in [7, 11) is 0. The lowest BCUT2D eigenvalue weighted by atomic mass is 9.74. The molecule has 2 aliphatic heterocycles. The van der Waals surface area contributed by atoms with Gasteiger partial charge >= 0.3 is 6.18 Å². The Bertz CT molecular complexity index is 859. The molecule has 4 atom stereocenters. The van der Waals surface area contributed by atoms with E-state index in [9.17, 15) is 18.0 Å². The molecule has 190 valence electrons. The lowest BCUT2D eigenvalue weighted by Crippen LogP contribution is -2.55. The van der Waals surface area contributed by atoms with Crippen molar-refractivity contribution < 1.29 is 22.7 Å². The second-order valence-corrected chi connectivity index (χ2v) is 10.4. The molecular weight excluding hydrogens is 447 g/mol. The van der Waals surface area contributed by atoms with Gasteiger partial charge in [-0.05, 0) is 43.6 Å². The molecule has 34 heavy (non-hydrogen) atoms. The molecule has 1 aromatic rings. The Hall–Kier alpha value is -1.94. The zero-order valence-electron chi connectivity index (χ0n) is 20.3. The van der Waals surface area contributed by atoms with Crippen LogP contribution in [0.1, 0.15) is 52.1 Å². The minimum Gasteiger partial charge on any atom is -0.381 e. The van der Waals surface area contributed by atoms with Crippen LogP contribution in [-0.4, -0.2) is 72.3 Å². The number of carbonyl (C=O) groups excluding carboxylic acids is 1. The fourth-order valence-electron chi connectivity index (χ4n) is 5.70. The van der Waals surface area contributed by atoms with E-state index in [2.05, 4.69) is 36.1 Å². The van der Waals surface area contributed by atoms with E-state index in [1.165, 1.54) is 0 Å². The summed E-state index contributed by atoms with van der Waals surface area (Å²) >= 11 is 0. The molecule has 0 spiro atoms. The average molecular weight is 484 g/mol. The van der Waals surface area contributed by atoms with E-state index in [0.29, 0.717) is 44.2 Å². The zero-order valence-corrected chi connectivity index (χ0v) is 20.3. The van der Waals surface area contributed by atoms with Crippen molar-refractivity contribution in [1.82, 2.24) is 20.2 Å². The quantitative estimate of drug-likeness (QED) is 0.693. The highest BCUT2D eigenvalue weighted by Crippen LogP contribution is 2.46. The molecule has 2 unspecified atom stereocenters. The van der Waals surface area contributed by atoms with Crippen LogP contribution in [0, 0.1) is 17.3 Å². The number of hydrogen-bond donors (Lipinski definition) is 1. The summed E-state index contributed by atoms with van der Waals surface area (Å²) in [5.41, 5.74) is -1.35. The SMILES string of the molecule is CC(C)C1(C(=O)N2CCN(c3nccc(C(F)(F)F)n3)CC2)CC[C@@H](NC2CCOC[C@H]2C)C1. The zero-order chi connectivity index (χ0) is 24.5. The van der Waals surface area contributed by atoms with Gasteiger partial charge in [-0.1, -0.05) is 20.8 Å². The topological polar surface area (TPSA) is 70.6 Å². The van der Waals surface area contributed by atoms with Crippen molar-refractivity contribution in [1.29, 1.82) is 0 Å². The summed E-state index contributed by atoms with van der Waals surface area (Å²) in [6.45, 7) is 9.78. The molecule has 10 heteroatoms. The molecule has 7 nitrogen and oxygen atoms in total. The molecule has 1 aromatic heterocycles. The third-order valence-electron chi connectivity index (χ3n) is 7.95. The monoisotopic (exact) mass is 483 g/mol. The van der Waals surface area contributed by atoms with E-state index in [1.807, 2.05) is 4.90 Å². The lowest BCUT2D eigenvalue weighted by molar-refractivity contribution is -0.145. The predicted octanol–water partition coefficient (Wildman–Crippen LogP) is 3.35. The maximum absolute atomic E-state index is 13.8. The van der Waals surface area contributed by atoms with Gasteiger partial charge in [0.2, 0.25) is 11.9 Å².